The predicted octanol–water partition coefficient (Wildman–Crippen LogP) is 4.32. The van der Waals surface area contributed by atoms with E-state index in [4.69, 9.17) is 0 Å². The summed E-state index contributed by atoms with van der Waals surface area (Å²) in [5, 5.41) is 5.78. The third-order valence-electron chi connectivity index (χ3n) is 5.40. The maximum absolute atomic E-state index is 13.7. The summed E-state index contributed by atoms with van der Waals surface area (Å²) in [4.78, 5) is 22.8. The van der Waals surface area contributed by atoms with Crippen molar-refractivity contribution in [2.75, 3.05) is 30.3 Å². The summed E-state index contributed by atoms with van der Waals surface area (Å²) >= 11 is 0. The number of benzene rings is 1. The molecule has 31 heavy (non-hydrogen) atoms. The summed E-state index contributed by atoms with van der Waals surface area (Å²) in [7, 11) is 0. The van der Waals surface area contributed by atoms with Crippen molar-refractivity contribution in [2.45, 2.75) is 18.8 Å². The first-order valence-electron chi connectivity index (χ1n) is 10.2. The van der Waals surface area contributed by atoms with Crippen molar-refractivity contribution >= 4 is 23.2 Å². The standard InChI is InChI=1S/C23H23F2N5O/c24-18-4-3-5-19(25)23(18)28-15-22(31)30-12-8-16(9-13-30)17-7-11-27-21(14-17)29-20-6-1-2-10-26-20/h1-7,10-11,14,16,28H,8-9,12-13,15H2,(H,26,27,29). The Morgan fingerprint density at radius 3 is 2.42 bits per heavy atom. The Hall–Kier alpha value is -3.55. The molecule has 1 amide bonds. The maximum Gasteiger partial charge on any atom is 0.241 e. The van der Waals surface area contributed by atoms with E-state index in [0.717, 1.165) is 42.2 Å². The van der Waals surface area contributed by atoms with Gasteiger partial charge in [-0.3, -0.25) is 4.79 Å². The lowest BCUT2D eigenvalue weighted by Crippen LogP contribution is -2.41. The average Bonchev–Trinajstić information content (AvgIpc) is 2.79. The van der Waals surface area contributed by atoms with Crippen LogP contribution in [0.1, 0.15) is 24.3 Å². The Kier molecular flexibility index (Phi) is 6.35. The zero-order valence-corrected chi connectivity index (χ0v) is 16.9. The van der Waals surface area contributed by atoms with E-state index >= 15 is 0 Å². The molecule has 1 aliphatic heterocycles. The Labute approximate surface area is 179 Å². The van der Waals surface area contributed by atoms with Crippen molar-refractivity contribution in [1.29, 1.82) is 0 Å². The molecule has 1 aromatic carbocycles. The molecule has 1 fully saturated rings. The van der Waals surface area contributed by atoms with Crippen molar-refractivity contribution in [2.24, 2.45) is 0 Å². The number of likely N-dealkylation sites (tertiary alicyclic amines) is 1. The van der Waals surface area contributed by atoms with Gasteiger partial charge in [0.05, 0.1) is 6.54 Å². The van der Waals surface area contributed by atoms with Crippen LogP contribution in [0.2, 0.25) is 0 Å². The maximum atomic E-state index is 13.7. The summed E-state index contributed by atoms with van der Waals surface area (Å²) in [6.07, 6.45) is 5.11. The number of hydrogen-bond donors (Lipinski definition) is 2. The minimum absolute atomic E-state index is 0.143. The molecule has 0 unspecified atom stereocenters. The number of para-hydroxylation sites is 1. The van der Waals surface area contributed by atoms with Crippen LogP contribution in [0.15, 0.2) is 60.9 Å². The molecule has 1 saturated heterocycles. The molecule has 6 nitrogen and oxygen atoms in total. The number of rotatable bonds is 6. The normalized spacial score (nSPS) is 14.3. The summed E-state index contributed by atoms with van der Waals surface area (Å²) in [5.74, 6) is 0.178. The number of piperidine rings is 1. The second-order valence-electron chi connectivity index (χ2n) is 7.42. The first-order chi connectivity index (χ1) is 15.1. The Morgan fingerprint density at radius 1 is 0.968 bits per heavy atom. The average molecular weight is 423 g/mol. The van der Waals surface area contributed by atoms with E-state index < -0.39 is 11.6 Å². The highest BCUT2D eigenvalue weighted by Crippen LogP contribution is 2.29. The van der Waals surface area contributed by atoms with Gasteiger partial charge < -0.3 is 15.5 Å². The van der Waals surface area contributed by atoms with Gasteiger partial charge in [0.2, 0.25) is 5.91 Å². The number of pyridine rings is 2. The molecule has 2 N–H and O–H groups in total. The highest BCUT2D eigenvalue weighted by molar-refractivity contribution is 5.81. The second kappa shape index (κ2) is 9.51. The van der Waals surface area contributed by atoms with Crippen LogP contribution in [0.3, 0.4) is 0 Å². The third kappa shape index (κ3) is 5.14. The zero-order valence-electron chi connectivity index (χ0n) is 16.9. The van der Waals surface area contributed by atoms with E-state index in [2.05, 4.69) is 20.6 Å². The molecule has 160 valence electrons. The highest BCUT2D eigenvalue weighted by Gasteiger charge is 2.24. The number of anilines is 3. The molecule has 1 aliphatic rings. The van der Waals surface area contributed by atoms with Gasteiger partial charge in [0.15, 0.2) is 0 Å². The van der Waals surface area contributed by atoms with Crippen LogP contribution in [-0.4, -0.2) is 40.4 Å². The third-order valence-corrected chi connectivity index (χ3v) is 5.40. The summed E-state index contributed by atoms with van der Waals surface area (Å²) in [6, 6.07) is 13.3. The Bertz CT molecular complexity index is 1020. The van der Waals surface area contributed by atoms with Crippen LogP contribution in [0.5, 0.6) is 0 Å². The molecule has 0 saturated carbocycles. The highest BCUT2D eigenvalue weighted by atomic mass is 19.1. The van der Waals surface area contributed by atoms with Crippen molar-refractivity contribution in [3.63, 3.8) is 0 Å². The molecule has 4 rings (SSSR count). The molecule has 0 spiro atoms. The topological polar surface area (TPSA) is 70.2 Å². The van der Waals surface area contributed by atoms with Crippen molar-refractivity contribution in [3.8, 4) is 0 Å². The number of hydrogen-bond acceptors (Lipinski definition) is 5. The van der Waals surface area contributed by atoms with Crippen molar-refractivity contribution < 1.29 is 13.6 Å². The Balaban J connectivity index is 1.31. The predicted molar refractivity (Wildman–Crippen MR) is 115 cm³/mol. The van der Waals surface area contributed by atoms with E-state index in [-0.39, 0.29) is 18.1 Å². The van der Waals surface area contributed by atoms with Gasteiger partial charge in [0, 0.05) is 25.5 Å². The van der Waals surface area contributed by atoms with Crippen LogP contribution in [-0.2, 0) is 4.79 Å². The van der Waals surface area contributed by atoms with E-state index in [1.165, 1.54) is 6.07 Å². The first-order valence-corrected chi connectivity index (χ1v) is 10.2. The molecule has 0 aliphatic carbocycles. The molecule has 2 aromatic heterocycles. The van der Waals surface area contributed by atoms with E-state index in [9.17, 15) is 13.6 Å². The van der Waals surface area contributed by atoms with Crippen molar-refractivity contribution in [1.82, 2.24) is 14.9 Å². The molecule has 0 radical (unpaired) electrons. The van der Waals surface area contributed by atoms with Gasteiger partial charge in [-0.15, -0.1) is 0 Å². The largest absolute Gasteiger partial charge is 0.371 e. The lowest BCUT2D eigenvalue weighted by Gasteiger charge is -2.32. The smallest absolute Gasteiger partial charge is 0.241 e. The number of aromatic nitrogens is 2. The minimum Gasteiger partial charge on any atom is -0.371 e. The van der Waals surface area contributed by atoms with Crippen LogP contribution >= 0.6 is 0 Å². The fourth-order valence-corrected chi connectivity index (χ4v) is 3.74. The SMILES string of the molecule is O=C(CNc1c(F)cccc1F)N1CCC(c2ccnc(Nc3ccccn3)c2)CC1. The van der Waals surface area contributed by atoms with Crippen LogP contribution in [0, 0.1) is 11.6 Å². The number of nitrogens with zero attached hydrogens (tertiary/aromatic N) is 3. The van der Waals surface area contributed by atoms with Crippen LogP contribution in [0.25, 0.3) is 0 Å². The second-order valence-corrected chi connectivity index (χ2v) is 7.42. The fraction of sp³-hybridized carbons (Fsp3) is 0.261. The number of nitrogens with one attached hydrogen (secondary N) is 2. The lowest BCUT2D eigenvalue weighted by molar-refractivity contribution is -0.130. The van der Waals surface area contributed by atoms with E-state index in [1.807, 2.05) is 30.3 Å². The van der Waals surface area contributed by atoms with Gasteiger partial charge in [-0.1, -0.05) is 12.1 Å². The molecular formula is C23H23F2N5O. The summed E-state index contributed by atoms with van der Waals surface area (Å²) in [6.45, 7) is 1.04. The molecule has 0 atom stereocenters. The summed E-state index contributed by atoms with van der Waals surface area (Å²) < 4.78 is 27.4. The molecule has 3 heterocycles. The monoisotopic (exact) mass is 423 g/mol. The quantitative estimate of drug-likeness (QED) is 0.618. The van der Waals surface area contributed by atoms with Gasteiger partial charge in [-0.25, -0.2) is 18.7 Å². The van der Waals surface area contributed by atoms with Gasteiger partial charge in [0.1, 0.15) is 29.0 Å². The molecular weight excluding hydrogens is 400 g/mol. The number of halogens is 2. The Morgan fingerprint density at radius 2 is 1.71 bits per heavy atom. The van der Waals surface area contributed by atoms with Gasteiger partial charge in [-0.2, -0.15) is 0 Å². The van der Waals surface area contributed by atoms with E-state index in [0.29, 0.717) is 19.0 Å². The minimum atomic E-state index is -0.709. The molecule has 3 aromatic rings. The molecule has 8 heteroatoms. The summed E-state index contributed by atoms with van der Waals surface area (Å²) in [5.41, 5.74) is 0.891. The van der Waals surface area contributed by atoms with Gasteiger partial charge in [0.25, 0.3) is 0 Å². The number of carbonyl (C=O) groups excluding carboxylic acids is 1. The fourth-order valence-electron chi connectivity index (χ4n) is 3.74. The van der Waals surface area contributed by atoms with Gasteiger partial charge >= 0.3 is 0 Å². The number of amides is 1. The van der Waals surface area contributed by atoms with Gasteiger partial charge in [-0.05, 0) is 60.7 Å². The van der Waals surface area contributed by atoms with Crippen LogP contribution < -0.4 is 10.6 Å². The lowest BCUT2D eigenvalue weighted by atomic mass is 9.90. The van der Waals surface area contributed by atoms with Crippen LogP contribution in [0.4, 0.5) is 26.1 Å². The first kappa shape index (κ1) is 20.7. The zero-order chi connectivity index (χ0) is 21.6. The van der Waals surface area contributed by atoms with Crippen molar-refractivity contribution in [3.05, 3.63) is 78.1 Å². The number of carbonyl (C=O) groups is 1. The van der Waals surface area contributed by atoms with E-state index in [1.54, 1.807) is 17.3 Å². The molecule has 0 bridgehead atoms.